The first kappa shape index (κ1) is 19.3. The monoisotopic (exact) mass is 392 g/mol. The first-order valence-corrected chi connectivity index (χ1v) is 10.7. The fourth-order valence-corrected chi connectivity index (χ4v) is 5.12. The highest BCUT2D eigenvalue weighted by Crippen LogP contribution is 2.24. The van der Waals surface area contributed by atoms with Crippen molar-refractivity contribution in [2.45, 2.75) is 32.2 Å². The van der Waals surface area contributed by atoms with Crippen LogP contribution < -0.4 is 10.2 Å². The molecule has 1 aromatic rings. The van der Waals surface area contributed by atoms with Gasteiger partial charge in [0.15, 0.2) is 9.84 Å². The Morgan fingerprint density at radius 3 is 2.63 bits per heavy atom. The zero-order valence-corrected chi connectivity index (χ0v) is 16.5. The summed E-state index contributed by atoms with van der Waals surface area (Å²) in [6.45, 7) is 1.96. The molecule has 2 aliphatic rings. The molecule has 0 radical (unpaired) electrons. The van der Waals surface area contributed by atoms with Gasteiger partial charge in [-0.15, -0.1) is 0 Å². The van der Waals surface area contributed by atoms with Gasteiger partial charge in [-0.2, -0.15) is 5.10 Å². The Balaban J connectivity index is 1.75. The van der Waals surface area contributed by atoms with E-state index in [9.17, 15) is 18.0 Å². The largest absolute Gasteiger partial charge is 0.377 e. The fourth-order valence-electron chi connectivity index (χ4n) is 3.43. The molecular weight excluding hydrogens is 368 g/mol. The van der Waals surface area contributed by atoms with E-state index >= 15 is 0 Å². The lowest BCUT2D eigenvalue weighted by Crippen LogP contribution is -2.42. The standard InChI is InChI=1S/C18H24N4O4S/c1-12-10-13(4-6-16(12)21(2)3)19-18(24)15-5-7-17(23)22(20-15)14-8-9-27(25,26)11-14/h4,6,10,14H,5,7-9,11H2,1-3H3,(H,19,24). The molecule has 1 atom stereocenters. The maximum absolute atomic E-state index is 12.6. The van der Waals surface area contributed by atoms with Crippen molar-refractivity contribution in [1.82, 2.24) is 5.01 Å². The number of carbonyl (C=O) groups is 2. The van der Waals surface area contributed by atoms with Crippen LogP contribution in [-0.2, 0) is 19.4 Å². The van der Waals surface area contributed by atoms with E-state index in [0.717, 1.165) is 11.3 Å². The van der Waals surface area contributed by atoms with Crippen LogP contribution in [0.5, 0.6) is 0 Å². The summed E-state index contributed by atoms with van der Waals surface area (Å²) < 4.78 is 23.4. The number of hydrazone groups is 1. The molecule has 0 aromatic heterocycles. The van der Waals surface area contributed by atoms with Crippen molar-refractivity contribution in [1.29, 1.82) is 0 Å². The van der Waals surface area contributed by atoms with Crippen LogP contribution in [0.1, 0.15) is 24.8 Å². The lowest BCUT2D eigenvalue weighted by atomic mass is 10.1. The van der Waals surface area contributed by atoms with Gasteiger partial charge in [-0.05, 0) is 37.1 Å². The summed E-state index contributed by atoms with van der Waals surface area (Å²) in [5, 5.41) is 8.20. The summed E-state index contributed by atoms with van der Waals surface area (Å²) in [4.78, 5) is 26.7. The summed E-state index contributed by atoms with van der Waals surface area (Å²) in [5.74, 6) is -0.650. The SMILES string of the molecule is Cc1cc(NC(=O)C2=NN(C3CCS(=O)(=O)C3)C(=O)CC2)ccc1N(C)C. The number of anilines is 2. The molecule has 0 aliphatic carbocycles. The van der Waals surface area contributed by atoms with E-state index in [2.05, 4.69) is 10.4 Å². The number of carbonyl (C=O) groups excluding carboxylic acids is 2. The molecule has 3 rings (SSSR count). The molecule has 8 nitrogen and oxygen atoms in total. The normalized spacial score (nSPS) is 21.7. The molecule has 0 spiro atoms. The predicted molar refractivity (Wildman–Crippen MR) is 105 cm³/mol. The molecule has 1 aromatic carbocycles. The average molecular weight is 392 g/mol. The third-order valence-electron chi connectivity index (χ3n) is 4.81. The molecule has 1 fully saturated rings. The average Bonchev–Trinajstić information content (AvgIpc) is 2.94. The minimum atomic E-state index is -3.14. The van der Waals surface area contributed by atoms with Crippen LogP contribution >= 0.6 is 0 Å². The van der Waals surface area contributed by atoms with Crippen LogP contribution in [-0.4, -0.2) is 62.6 Å². The Kier molecular flexibility index (Phi) is 5.23. The van der Waals surface area contributed by atoms with E-state index < -0.39 is 15.9 Å². The second-order valence-electron chi connectivity index (χ2n) is 7.19. The van der Waals surface area contributed by atoms with Crippen LogP contribution in [0, 0.1) is 6.92 Å². The van der Waals surface area contributed by atoms with Gasteiger partial charge in [0, 0.05) is 38.3 Å². The predicted octanol–water partition coefficient (Wildman–Crippen LogP) is 1.17. The van der Waals surface area contributed by atoms with E-state index in [-0.39, 0.29) is 41.9 Å². The van der Waals surface area contributed by atoms with Gasteiger partial charge in [0.2, 0.25) is 5.91 Å². The van der Waals surface area contributed by atoms with Crippen LogP contribution in [0.15, 0.2) is 23.3 Å². The molecule has 9 heteroatoms. The molecule has 0 saturated carbocycles. The van der Waals surface area contributed by atoms with Crippen molar-refractivity contribution < 1.29 is 18.0 Å². The highest BCUT2D eigenvalue weighted by molar-refractivity contribution is 7.91. The molecule has 0 bridgehead atoms. The smallest absolute Gasteiger partial charge is 0.271 e. The van der Waals surface area contributed by atoms with Gasteiger partial charge in [-0.1, -0.05) is 0 Å². The van der Waals surface area contributed by atoms with Crippen LogP contribution in [0.2, 0.25) is 0 Å². The zero-order chi connectivity index (χ0) is 19.8. The summed E-state index contributed by atoms with van der Waals surface area (Å²) >= 11 is 0. The number of nitrogens with one attached hydrogen (secondary N) is 1. The highest BCUT2D eigenvalue weighted by atomic mass is 32.2. The van der Waals surface area contributed by atoms with Gasteiger partial charge in [0.1, 0.15) is 5.71 Å². The van der Waals surface area contributed by atoms with Gasteiger partial charge >= 0.3 is 0 Å². The Labute approximate surface area is 159 Å². The molecule has 2 heterocycles. The quantitative estimate of drug-likeness (QED) is 0.829. The number of nitrogens with zero attached hydrogens (tertiary/aromatic N) is 3. The Morgan fingerprint density at radius 1 is 1.30 bits per heavy atom. The number of benzene rings is 1. The van der Waals surface area contributed by atoms with E-state index in [1.165, 1.54) is 5.01 Å². The van der Waals surface area contributed by atoms with Crippen molar-refractivity contribution in [2.24, 2.45) is 5.10 Å². The summed E-state index contributed by atoms with van der Waals surface area (Å²) in [7, 11) is 0.763. The maximum Gasteiger partial charge on any atom is 0.271 e. The highest BCUT2D eigenvalue weighted by Gasteiger charge is 2.37. The number of amides is 2. The number of hydrogen-bond acceptors (Lipinski definition) is 6. The molecule has 1 unspecified atom stereocenters. The second-order valence-corrected chi connectivity index (χ2v) is 9.42. The molecule has 2 aliphatic heterocycles. The van der Waals surface area contributed by atoms with Crippen molar-refractivity contribution in [3.63, 3.8) is 0 Å². The topological polar surface area (TPSA) is 99.1 Å². The minimum Gasteiger partial charge on any atom is -0.377 e. The van der Waals surface area contributed by atoms with Crippen molar-refractivity contribution in [3.05, 3.63) is 23.8 Å². The first-order valence-electron chi connectivity index (χ1n) is 8.85. The van der Waals surface area contributed by atoms with E-state index in [1.54, 1.807) is 0 Å². The van der Waals surface area contributed by atoms with Gasteiger partial charge in [-0.25, -0.2) is 13.4 Å². The Bertz CT molecular complexity index is 908. The molecule has 2 amide bonds. The number of aryl methyl sites for hydroxylation is 1. The van der Waals surface area contributed by atoms with E-state index in [4.69, 9.17) is 0 Å². The van der Waals surface area contributed by atoms with Gasteiger partial charge in [-0.3, -0.25) is 9.59 Å². The first-order chi connectivity index (χ1) is 12.7. The van der Waals surface area contributed by atoms with Crippen molar-refractivity contribution in [2.75, 3.05) is 35.8 Å². The van der Waals surface area contributed by atoms with Crippen LogP contribution in [0.25, 0.3) is 0 Å². The van der Waals surface area contributed by atoms with Crippen molar-refractivity contribution >= 4 is 38.7 Å². The second kappa shape index (κ2) is 7.30. The Hall–Kier alpha value is -2.42. The summed E-state index contributed by atoms with van der Waals surface area (Å²) in [6.07, 6.45) is 0.758. The van der Waals surface area contributed by atoms with Gasteiger partial charge in [0.05, 0.1) is 17.5 Å². The minimum absolute atomic E-state index is 0.0516. The Morgan fingerprint density at radius 2 is 2.04 bits per heavy atom. The molecular formula is C18H24N4O4S. The number of sulfone groups is 1. The van der Waals surface area contributed by atoms with Crippen molar-refractivity contribution in [3.8, 4) is 0 Å². The molecule has 1 N–H and O–H groups in total. The summed E-state index contributed by atoms with van der Waals surface area (Å²) in [6, 6.07) is 5.14. The number of rotatable bonds is 4. The third kappa shape index (κ3) is 4.29. The van der Waals surface area contributed by atoms with Crippen LogP contribution in [0.4, 0.5) is 11.4 Å². The third-order valence-corrected chi connectivity index (χ3v) is 6.56. The lowest BCUT2D eigenvalue weighted by molar-refractivity contribution is -0.133. The molecule has 146 valence electrons. The molecule has 1 saturated heterocycles. The fraction of sp³-hybridized carbons (Fsp3) is 0.500. The zero-order valence-electron chi connectivity index (χ0n) is 15.7. The summed E-state index contributed by atoms with van der Waals surface area (Å²) in [5.41, 5.74) is 2.98. The number of hydrogen-bond donors (Lipinski definition) is 1. The van der Waals surface area contributed by atoms with E-state index in [1.807, 2.05) is 44.1 Å². The molecule has 27 heavy (non-hydrogen) atoms. The van der Waals surface area contributed by atoms with Gasteiger partial charge in [0.25, 0.3) is 5.91 Å². The maximum atomic E-state index is 12.6. The van der Waals surface area contributed by atoms with Gasteiger partial charge < -0.3 is 10.2 Å². The van der Waals surface area contributed by atoms with E-state index in [0.29, 0.717) is 12.1 Å². The van der Waals surface area contributed by atoms with Crippen LogP contribution in [0.3, 0.4) is 0 Å². The lowest BCUT2D eigenvalue weighted by Gasteiger charge is -2.27.